The summed E-state index contributed by atoms with van der Waals surface area (Å²) in [6, 6.07) is 3.54. The normalized spacial score (nSPS) is 22.8. The fourth-order valence-electron chi connectivity index (χ4n) is 4.53. The van der Waals surface area contributed by atoms with Crippen molar-refractivity contribution in [3.63, 3.8) is 0 Å². The topological polar surface area (TPSA) is 42.4 Å². The SMILES string of the molecule is O=C(CC1CCC(CCN2CCc3ccc(OCC(F)F)nc3CC2)CC1)C(F)(F)F. The van der Waals surface area contributed by atoms with Crippen molar-refractivity contribution >= 4 is 5.78 Å². The number of ether oxygens (including phenoxy) is 1. The number of rotatable bonds is 8. The number of hydrogen-bond donors (Lipinski definition) is 0. The number of nitrogens with zero attached hydrogens (tertiary/aromatic N) is 2. The third kappa shape index (κ3) is 7.40. The lowest BCUT2D eigenvalue weighted by Gasteiger charge is -2.30. The molecule has 1 aliphatic heterocycles. The highest BCUT2D eigenvalue weighted by molar-refractivity contribution is 5.84. The summed E-state index contributed by atoms with van der Waals surface area (Å²) >= 11 is 0. The standard InChI is InChI=1S/C22H29F5N2O2/c23-20(24)14-31-21-6-5-17-8-11-29(12-9-18(17)28-21)10-7-15-1-3-16(4-2-15)13-19(30)22(25,26)27/h5-6,15-16,20H,1-4,7-14H2. The maximum atomic E-state index is 12.4. The summed E-state index contributed by atoms with van der Waals surface area (Å²) in [7, 11) is 0. The Morgan fingerprint density at radius 1 is 1.10 bits per heavy atom. The molecule has 0 spiro atoms. The number of ketones is 1. The monoisotopic (exact) mass is 448 g/mol. The van der Waals surface area contributed by atoms with E-state index in [9.17, 15) is 26.7 Å². The molecule has 0 saturated heterocycles. The van der Waals surface area contributed by atoms with Gasteiger partial charge in [-0.2, -0.15) is 13.2 Å². The highest BCUT2D eigenvalue weighted by Crippen LogP contribution is 2.34. The second kappa shape index (κ2) is 10.7. The molecule has 0 atom stereocenters. The highest BCUT2D eigenvalue weighted by atomic mass is 19.4. The predicted octanol–water partition coefficient (Wildman–Crippen LogP) is 4.84. The first-order valence-corrected chi connectivity index (χ1v) is 10.9. The van der Waals surface area contributed by atoms with E-state index < -0.39 is 25.0 Å². The molecule has 2 heterocycles. The number of aromatic nitrogens is 1. The van der Waals surface area contributed by atoms with E-state index in [1.54, 1.807) is 6.07 Å². The molecule has 0 unspecified atom stereocenters. The minimum Gasteiger partial charge on any atom is -0.472 e. The van der Waals surface area contributed by atoms with E-state index >= 15 is 0 Å². The summed E-state index contributed by atoms with van der Waals surface area (Å²) in [6.07, 6.45) is -1.96. The number of Topliss-reactive ketones (excluding diaryl/α,β-unsaturated/α-hetero) is 1. The molecule has 31 heavy (non-hydrogen) atoms. The second-order valence-corrected chi connectivity index (χ2v) is 8.60. The van der Waals surface area contributed by atoms with Gasteiger partial charge in [-0.15, -0.1) is 0 Å². The van der Waals surface area contributed by atoms with E-state index in [0.29, 0.717) is 18.8 Å². The lowest BCUT2D eigenvalue weighted by molar-refractivity contribution is -0.172. The number of hydrogen-bond acceptors (Lipinski definition) is 4. The fraction of sp³-hybridized carbons (Fsp3) is 0.727. The molecular weight excluding hydrogens is 419 g/mol. The summed E-state index contributed by atoms with van der Waals surface area (Å²) in [5.41, 5.74) is 2.01. The van der Waals surface area contributed by atoms with Crippen molar-refractivity contribution in [2.45, 2.75) is 64.0 Å². The molecule has 1 aliphatic carbocycles. The third-order valence-electron chi connectivity index (χ3n) is 6.37. The highest BCUT2D eigenvalue weighted by Gasteiger charge is 2.39. The fourth-order valence-corrected chi connectivity index (χ4v) is 4.53. The molecule has 0 aromatic carbocycles. The van der Waals surface area contributed by atoms with Crippen molar-refractivity contribution in [1.29, 1.82) is 0 Å². The lowest BCUT2D eigenvalue weighted by atomic mass is 9.78. The average molecular weight is 448 g/mol. The van der Waals surface area contributed by atoms with Crippen LogP contribution < -0.4 is 4.74 Å². The number of carbonyl (C=O) groups excluding carboxylic acids is 1. The van der Waals surface area contributed by atoms with Crippen molar-refractivity contribution in [2.75, 3.05) is 26.2 Å². The number of halogens is 5. The molecule has 0 radical (unpaired) electrons. The number of pyridine rings is 1. The van der Waals surface area contributed by atoms with Gasteiger partial charge in [0.1, 0.15) is 0 Å². The Morgan fingerprint density at radius 2 is 1.77 bits per heavy atom. The van der Waals surface area contributed by atoms with Gasteiger partial charge in [-0.25, -0.2) is 13.8 Å². The quantitative estimate of drug-likeness (QED) is 0.534. The minimum absolute atomic E-state index is 0.148. The van der Waals surface area contributed by atoms with Gasteiger partial charge in [0.25, 0.3) is 6.43 Å². The van der Waals surface area contributed by atoms with Crippen LogP contribution in [0.4, 0.5) is 22.0 Å². The molecule has 174 valence electrons. The zero-order valence-electron chi connectivity index (χ0n) is 17.5. The molecule has 0 amide bonds. The molecular formula is C22H29F5N2O2. The molecule has 1 aromatic heterocycles. The van der Waals surface area contributed by atoms with Crippen molar-refractivity contribution in [3.05, 3.63) is 23.4 Å². The third-order valence-corrected chi connectivity index (χ3v) is 6.37. The number of alkyl halides is 5. The molecule has 0 N–H and O–H groups in total. The van der Waals surface area contributed by atoms with Gasteiger partial charge >= 0.3 is 6.18 Å². The summed E-state index contributed by atoms with van der Waals surface area (Å²) in [5.74, 6) is -1.04. The van der Waals surface area contributed by atoms with Crippen molar-refractivity contribution in [2.24, 2.45) is 11.8 Å². The minimum atomic E-state index is -4.72. The van der Waals surface area contributed by atoms with Gasteiger partial charge in [-0.3, -0.25) is 4.79 Å². The van der Waals surface area contributed by atoms with Gasteiger partial charge in [-0.05, 0) is 49.6 Å². The molecule has 1 aromatic rings. The first-order valence-electron chi connectivity index (χ1n) is 10.9. The Kier molecular flexibility index (Phi) is 8.24. The predicted molar refractivity (Wildman–Crippen MR) is 105 cm³/mol. The van der Waals surface area contributed by atoms with Crippen LogP contribution >= 0.6 is 0 Å². The van der Waals surface area contributed by atoms with Crippen molar-refractivity contribution < 1.29 is 31.5 Å². The van der Waals surface area contributed by atoms with Gasteiger partial charge in [0.15, 0.2) is 6.61 Å². The molecule has 9 heteroatoms. The maximum absolute atomic E-state index is 12.4. The Balaban J connectivity index is 1.40. The zero-order valence-corrected chi connectivity index (χ0v) is 17.5. The summed E-state index contributed by atoms with van der Waals surface area (Å²) in [5, 5.41) is 0. The molecule has 1 saturated carbocycles. The molecule has 2 aliphatic rings. The van der Waals surface area contributed by atoms with E-state index in [1.165, 1.54) is 0 Å². The first kappa shape index (κ1) is 23.9. The van der Waals surface area contributed by atoms with E-state index in [-0.39, 0.29) is 18.2 Å². The van der Waals surface area contributed by atoms with Gasteiger partial charge in [-0.1, -0.05) is 18.9 Å². The summed E-state index contributed by atoms with van der Waals surface area (Å²) in [4.78, 5) is 17.9. The Morgan fingerprint density at radius 3 is 2.45 bits per heavy atom. The van der Waals surface area contributed by atoms with Crippen molar-refractivity contribution in [1.82, 2.24) is 9.88 Å². The second-order valence-electron chi connectivity index (χ2n) is 8.60. The zero-order chi connectivity index (χ0) is 22.4. The summed E-state index contributed by atoms with van der Waals surface area (Å²) in [6.45, 7) is 1.97. The molecule has 0 bridgehead atoms. The van der Waals surface area contributed by atoms with E-state index in [1.807, 2.05) is 6.07 Å². The van der Waals surface area contributed by atoms with Crippen LogP contribution in [-0.4, -0.2) is 54.5 Å². The van der Waals surface area contributed by atoms with Crippen LogP contribution in [0.15, 0.2) is 12.1 Å². The molecule has 3 rings (SSSR count). The van der Waals surface area contributed by atoms with E-state index in [0.717, 1.165) is 63.0 Å². The van der Waals surface area contributed by atoms with Crippen LogP contribution in [0, 0.1) is 11.8 Å². The molecule has 4 nitrogen and oxygen atoms in total. The first-order chi connectivity index (χ1) is 14.7. The van der Waals surface area contributed by atoms with Gasteiger partial charge in [0, 0.05) is 37.7 Å². The average Bonchev–Trinajstić information content (AvgIpc) is 2.93. The van der Waals surface area contributed by atoms with Crippen LogP contribution in [0.2, 0.25) is 0 Å². The Hall–Kier alpha value is -1.77. The lowest BCUT2D eigenvalue weighted by Crippen LogP contribution is -2.30. The Labute approximate surface area is 179 Å². The Bertz CT molecular complexity index is 733. The largest absolute Gasteiger partial charge is 0.472 e. The van der Waals surface area contributed by atoms with E-state index in [4.69, 9.17) is 4.74 Å². The van der Waals surface area contributed by atoms with Crippen LogP contribution in [-0.2, 0) is 17.6 Å². The van der Waals surface area contributed by atoms with Gasteiger partial charge in [0.2, 0.25) is 11.7 Å². The smallest absolute Gasteiger partial charge is 0.449 e. The number of fused-ring (bicyclic) bond motifs is 1. The number of carbonyl (C=O) groups is 1. The van der Waals surface area contributed by atoms with Gasteiger partial charge in [0.05, 0.1) is 0 Å². The van der Waals surface area contributed by atoms with Crippen LogP contribution in [0.1, 0.15) is 49.8 Å². The molecule has 1 fully saturated rings. The maximum Gasteiger partial charge on any atom is 0.449 e. The summed E-state index contributed by atoms with van der Waals surface area (Å²) < 4.78 is 67.0. The van der Waals surface area contributed by atoms with E-state index in [2.05, 4.69) is 9.88 Å². The van der Waals surface area contributed by atoms with Gasteiger partial charge < -0.3 is 9.64 Å². The van der Waals surface area contributed by atoms with Crippen LogP contribution in [0.5, 0.6) is 5.88 Å². The van der Waals surface area contributed by atoms with Crippen molar-refractivity contribution in [3.8, 4) is 5.88 Å². The van der Waals surface area contributed by atoms with Crippen LogP contribution in [0.3, 0.4) is 0 Å². The van der Waals surface area contributed by atoms with Crippen LogP contribution in [0.25, 0.3) is 0 Å².